The van der Waals surface area contributed by atoms with Crippen LogP contribution in [0.25, 0.3) is 12.2 Å². The van der Waals surface area contributed by atoms with Crippen molar-refractivity contribution < 1.29 is 33.3 Å². The van der Waals surface area contributed by atoms with Crippen molar-refractivity contribution in [2.75, 3.05) is 28.4 Å². The third-order valence-corrected chi connectivity index (χ3v) is 6.16. The summed E-state index contributed by atoms with van der Waals surface area (Å²) in [4.78, 5) is 39.5. The smallest absolute Gasteiger partial charge is 0.217 e. The minimum absolute atomic E-state index is 0.368. The Bertz CT molecular complexity index is 1320. The van der Waals surface area contributed by atoms with E-state index in [1.807, 2.05) is 6.07 Å². The third-order valence-electron chi connectivity index (χ3n) is 6.16. The average Bonchev–Trinajstić information content (AvgIpc) is 2.98. The Balaban J connectivity index is 2.00. The van der Waals surface area contributed by atoms with Gasteiger partial charge in [-0.05, 0) is 53.1 Å². The molecule has 0 spiro atoms. The summed E-state index contributed by atoms with van der Waals surface area (Å²) in [6, 6.07) is 18.5. The first kappa shape index (κ1) is 29.7. The Kier molecular flexibility index (Phi) is 10.7. The molecule has 0 aliphatic rings. The fraction of sp³-hybridized carbons (Fsp3) is 0.219. The van der Waals surface area contributed by atoms with E-state index in [0.717, 1.165) is 0 Å². The van der Waals surface area contributed by atoms with E-state index in [0.29, 0.717) is 39.7 Å². The molecular weight excluding hydrogens is 510 g/mol. The lowest BCUT2D eigenvalue weighted by atomic mass is 9.85. The van der Waals surface area contributed by atoms with Gasteiger partial charge in [0.05, 0.1) is 34.5 Å². The van der Waals surface area contributed by atoms with Gasteiger partial charge in [-0.1, -0.05) is 54.6 Å². The first-order valence-electron chi connectivity index (χ1n) is 12.5. The first-order chi connectivity index (χ1) is 19.3. The summed E-state index contributed by atoms with van der Waals surface area (Å²) in [7, 11) is 6.12. The number of rotatable bonds is 13. The third kappa shape index (κ3) is 7.60. The standard InChI is InChI=1S/C32H33NO7/c1-21(34)33-32(24-9-7-6-8-10-24)31(25(35)15-11-22-13-17-27(37-2)29(19-22)39-4)26(36)16-12-23-14-18-28(38-3)30(20-23)40-5/h6-20,31-32H,1-5H3,(H,33,34). The van der Waals surface area contributed by atoms with Crippen LogP contribution in [0, 0.1) is 5.92 Å². The Hall–Kier alpha value is -4.85. The molecule has 8 nitrogen and oxygen atoms in total. The van der Waals surface area contributed by atoms with Crippen molar-refractivity contribution in [3.05, 3.63) is 95.6 Å². The zero-order chi connectivity index (χ0) is 29.1. The van der Waals surface area contributed by atoms with Crippen LogP contribution in [0.5, 0.6) is 23.0 Å². The molecule has 1 amide bonds. The van der Waals surface area contributed by atoms with Crippen molar-refractivity contribution in [1.29, 1.82) is 0 Å². The predicted molar refractivity (Wildman–Crippen MR) is 154 cm³/mol. The van der Waals surface area contributed by atoms with Gasteiger partial charge in [0.1, 0.15) is 5.92 Å². The van der Waals surface area contributed by atoms with Gasteiger partial charge >= 0.3 is 0 Å². The van der Waals surface area contributed by atoms with Crippen molar-refractivity contribution in [1.82, 2.24) is 5.32 Å². The summed E-state index contributed by atoms with van der Waals surface area (Å²) in [6.45, 7) is 1.35. The maximum atomic E-state index is 13.6. The molecule has 40 heavy (non-hydrogen) atoms. The molecule has 0 aliphatic heterocycles. The van der Waals surface area contributed by atoms with E-state index in [4.69, 9.17) is 18.9 Å². The molecule has 1 unspecified atom stereocenters. The molecule has 0 saturated heterocycles. The number of ether oxygens (including phenoxy) is 4. The molecule has 0 aromatic heterocycles. The van der Waals surface area contributed by atoms with Gasteiger partial charge < -0.3 is 24.3 Å². The second-order valence-electron chi connectivity index (χ2n) is 8.77. The Morgan fingerprint density at radius 2 is 1.10 bits per heavy atom. The molecule has 0 aliphatic carbocycles. The highest BCUT2D eigenvalue weighted by atomic mass is 16.5. The first-order valence-corrected chi connectivity index (χ1v) is 12.5. The van der Waals surface area contributed by atoms with E-state index in [1.165, 1.54) is 47.5 Å². The lowest BCUT2D eigenvalue weighted by molar-refractivity contribution is -0.129. The van der Waals surface area contributed by atoms with Gasteiger partial charge in [-0.3, -0.25) is 14.4 Å². The highest BCUT2D eigenvalue weighted by Gasteiger charge is 2.34. The SMILES string of the molecule is COc1ccc(C=CC(=O)C(C(=O)C=Cc2ccc(OC)c(OC)c2)C(NC(C)=O)c2ccccc2)cc1OC. The van der Waals surface area contributed by atoms with Crippen LogP contribution >= 0.6 is 0 Å². The predicted octanol–water partition coefficient (Wildman–Crippen LogP) is 5.08. The highest BCUT2D eigenvalue weighted by Crippen LogP contribution is 2.30. The molecule has 0 bridgehead atoms. The fourth-order valence-electron chi connectivity index (χ4n) is 4.18. The van der Waals surface area contributed by atoms with Crippen LogP contribution in [-0.2, 0) is 14.4 Å². The van der Waals surface area contributed by atoms with Crippen molar-refractivity contribution >= 4 is 29.6 Å². The molecule has 8 heteroatoms. The fourth-order valence-corrected chi connectivity index (χ4v) is 4.18. The molecule has 3 rings (SSSR count). The van der Waals surface area contributed by atoms with E-state index in [2.05, 4.69) is 5.32 Å². The van der Waals surface area contributed by atoms with Gasteiger partial charge in [-0.2, -0.15) is 0 Å². The lowest BCUT2D eigenvalue weighted by Gasteiger charge is -2.25. The van der Waals surface area contributed by atoms with Crippen LogP contribution in [0.3, 0.4) is 0 Å². The molecule has 1 atom stereocenters. The maximum Gasteiger partial charge on any atom is 0.217 e. The highest BCUT2D eigenvalue weighted by molar-refractivity contribution is 6.14. The molecule has 3 aromatic rings. The molecule has 1 N–H and O–H groups in total. The molecule has 0 heterocycles. The molecule has 208 valence electrons. The van der Waals surface area contributed by atoms with Gasteiger partial charge in [0.15, 0.2) is 34.6 Å². The number of benzene rings is 3. The number of amides is 1. The molecular formula is C32H33NO7. The van der Waals surface area contributed by atoms with Gasteiger partial charge in [0.2, 0.25) is 5.91 Å². The number of carbonyl (C=O) groups excluding carboxylic acids is 3. The molecule has 3 aromatic carbocycles. The van der Waals surface area contributed by atoms with Crippen molar-refractivity contribution in [3.8, 4) is 23.0 Å². The Labute approximate surface area is 234 Å². The summed E-state index contributed by atoms with van der Waals surface area (Å²) >= 11 is 0. The zero-order valence-corrected chi connectivity index (χ0v) is 23.2. The minimum atomic E-state index is -1.22. The number of allylic oxidation sites excluding steroid dienone is 2. The lowest BCUT2D eigenvalue weighted by Crippen LogP contribution is -2.39. The topological polar surface area (TPSA) is 100 Å². The van der Waals surface area contributed by atoms with Crippen molar-refractivity contribution in [3.63, 3.8) is 0 Å². The Morgan fingerprint density at radius 3 is 1.50 bits per heavy atom. The van der Waals surface area contributed by atoms with Crippen molar-refractivity contribution in [2.24, 2.45) is 5.92 Å². The average molecular weight is 544 g/mol. The normalized spacial score (nSPS) is 12.5. The summed E-state index contributed by atoms with van der Waals surface area (Å²) in [5.74, 6) is -0.431. The van der Waals surface area contributed by atoms with E-state index in [-0.39, 0.29) is 5.91 Å². The van der Waals surface area contributed by atoms with E-state index in [1.54, 1.807) is 72.8 Å². The van der Waals surface area contributed by atoms with Crippen LogP contribution in [0.2, 0.25) is 0 Å². The van der Waals surface area contributed by atoms with E-state index in [9.17, 15) is 14.4 Å². The van der Waals surface area contributed by atoms with Gasteiger partial charge in [-0.25, -0.2) is 0 Å². The van der Waals surface area contributed by atoms with E-state index < -0.39 is 23.5 Å². The maximum absolute atomic E-state index is 13.6. The van der Waals surface area contributed by atoms with Gasteiger partial charge in [-0.15, -0.1) is 0 Å². The molecule has 0 saturated carbocycles. The summed E-state index contributed by atoms with van der Waals surface area (Å²) < 4.78 is 21.2. The quantitative estimate of drug-likeness (QED) is 0.237. The molecule has 0 radical (unpaired) electrons. The number of methoxy groups -OCH3 is 4. The van der Waals surface area contributed by atoms with Gasteiger partial charge in [0, 0.05) is 6.92 Å². The second kappa shape index (κ2) is 14.3. The number of ketones is 2. The van der Waals surface area contributed by atoms with Crippen LogP contribution < -0.4 is 24.3 Å². The number of hydrogen-bond donors (Lipinski definition) is 1. The summed E-state index contributed by atoms with van der Waals surface area (Å²) in [5, 5.41) is 2.80. The monoisotopic (exact) mass is 543 g/mol. The summed E-state index contributed by atoms with van der Waals surface area (Å²) in [5.41, 5.74) is 1.98. The number of carbonyl (C=O) groups is 3. The molecule has 0 fully saturated rings. The minimum Gasteiger partial charge on any atom is -0.493 e. The van der Waals surface area contributed by atoms with Gasteiger partial charge in [0.25, 0.3) is 0 Å². The summed E-state index contributed by atoms with van der Waals surface area (Å²) in [6.07, 6.45) is 5.87. The Morgan fingerprint density at radius 1 is 0.650 bits per heavy atom. The van der Waals surface area contributed by atoms with Crippen LogP contribution in [0.1, 0.15) is 29.7 Å². The van der Waals surface area contributed by atoms with Crippen LogP contribution in [0.15, 0.2) is 78.9 Å². The van der Waals surface area contributed by atoms with Crippen LogP contribution in [-0.4, -0.2) is 45.9 Å². The zero-order valence-electron chi connectivity index (χ0n) is 23.2. The number of nitrogens with one attached hydrogen (secondary N) is 1. The second-order valence-corrected chi connectivity index (χ2v) is 8.77. The number of hydrogen-bond acceptors (Lipinski definition) is 7. The van der Waals surface area contributed by atoms with E-state index >= 15 is 0 Å². The van der Waals surface area contributed by atoms with Crippen molar-refractivity contribution in [2.45, 2.75) is 13.0 Å². The van der Waals surface area contributed by atoms with Crippen LogP contribution in [0.4, 0.5) is 0 Å². The largest absolute Gasteiger partial charge is 0.493 e.